The lowest BCUT2D eigenvalue weighted by molar-refractivity contribution is -0.127. The summed E-state index contributed by atoms with van der Waals surface area (Å²) in [4.78, 5) is 34.9. The Morgan fingerprint density at radius 1 is 1.11 bits per heavy atom. The van der Waals surface area contributed by atoms with Crippen LogP contribution >= 0.6 is 11.6 Å². The van der Waals surface area contributed by atoms with E-state index in [9.17, 15) is 9.59 Å². The Kier molecular flexibility index (Phi) is 6.41. The zero-order valence-electron chi connectivity index (χ0n) is 19.3. The second-order valence-corrected chi connectivity index (χ2v) is 9.17. The Balaban J connectivity index is 1.39. The lowest BCUT2D eigenvalue weighted by atomic mass is 10.0. The minimum Gasteiger partial charge on any atom is -0.341 e. The van der Waals surface area contributed by atoms with Gasteiger partial charge in [-0.15, -0.1) is 0 Å². The number of fused-ring (bicyclic) bond motifs is 6. The number of aryl methyl sites for hydroxylation is 2. The second-order valence-electron chi connectivity index (χ2n) is 8.76. The molecule has 0 saturated carbocycles. The fraction of sp³-hybridized carbons (Fsp3) is 0.280. The maximum absolute atomic E-state index is 12.8. The molecule has 0 radical (unpaired) electrons. The van der Waals surface area contributed by atoms with E-state index in [2.05, 4.69) is 43.4 Å². The van der Waals surface area contributed by atoms with Gasteiger partial charge in [-0.1, -0.05) is 23.7 Å². The lowest BCUT2D eigenvalue weighted by Crippen LogP contribution is -2.40. The SMILES string of the molecule is CC(=O)N1CC[C@H](NC(=O)Nc2ccc3cc2CCc2cccc(c2)Nc2ncc(Cl)c(n2)N3)C1. The number of aromatic nitrogens is 2. The highest BCUT2D eigenvalue weighted by molar-refractivity contribution is 6.32. The van der Waals surface area contributed by atoms with Crippen LogP contribution in [0.4, 0.5) is 33.6 Å². The third-order valence-electron chi connectivity index (χ3n) is 6.20. The predicted octanol–water partition coefficient (Wildman–Crippen LogP) is 4.46. The zero-order chi connectivity index (χ0) is 24.4. The van der Waals surface area contributed by atoms with Crippen molar-refractivity contribution >= 4 is 52.4 Å². The van der Waals surface area contributed by atoms with Crippen LogP contribution in [-0.2, 0) is 17.6 Å². The Morgan fingerprint density at radius 3 is 2.80 bits per heavy atom. The molecule has 6 bridgehead atoms. The van der Waals surface area contributed by atoms with E-state index >= 15 is 0 Å². The maximum Gasteiger partial charge on any atom is 0.319 e. The highest BCUT2D eigenvalue weighted by atomic mass is 35.5. The Morgan fingerprint density at radius 2 is 1.97 bits per heavy atom. The van der Waals surface area contributed by atoms with Gasteiger partial charge >= 0.3 is 6.03 Å². The molecule has 0 aliphatic carbocycles. The van der Waals surface area contributed by atoms with Crippen LogP contribution in [0.15, 0.2) is 48.7 Å². The number of likely N-dealkylation sites (tertiary alicyclic amines) is 1. The van der Waals surface area contributed by atoms with Gasteiger partial charge in [0, 0.05) is 43.1 Å². The number of hydrogen-bond donors (Lipinski definition) is 4. The Labute approximate surface area is 208 Å². The van der Waals surface area contributed by atoms with E-state index < -0.39 is 0 Å². The topological polar surface area (TPSA) is 111 Å². The first-order valence-corrected chi connectivity index (χ1v) is 11.9. The van der Waals surface area contributed by atoms with Crippen LogP contribution in [-0.4, -0.2) is 45.9 Å². The van der Waals surface area contributed by atoms with Crippen LogP contribution in [0, 0.1) is 0 Å². The van der Waals surface area contributed by atoms with Crippen molar-refractivity contribution in [3.05, 3.63) is 64.8 Å². The summed E-state index contributed by atoms with van der Waals surface area (Å²) in [7, 11) is 0. The molecule has 1 fully saturated rings. The van der Waals surface area contributed by atoms with Crippen molar-refractivity contribution in [1.82, 2.24) is 20.2 Å². The number of rotatable bonds is 2. The molecule has 1 aromatic heterocycles. The van der Waals surface area contributed by atoms with Crippen LogP contribution in [0.3, 0.4) is 0 Å². The van der Waals surface area contributed by atoms with E-state index in [1.807, 2.05) is 30.3 Å². The molecule has 9 nitrogen and oxygen atoms in total. The summed E-state index contributed by atoms with van der Waals surface area (Å²) in [5, 5.41) is 12.9. The normalized spacial score (nSPS) is 16.6. The quantitative estimate of drug-likeness (QED) is 0.421. The van der Waals surface area contributed by atoms with Gasteiger partial charge in [0.15, 0.2) is 5.82 Å². The molecule has 1 atom stereocenters. The number of urea groups is 1. The van der Waals surface area contributed by atoms with Crippen LogP contribution in [0.2, 0.25) is 5.02 Å². The van der Waals surface area contributed by atoms with Crippen molar-refractivity contribution in [2.24, 2.45) is 0 Å². The summed E-state index contributed by atoms with van der Waals surface area (Å²) in [5.41, 5.74) is 4.54. The summed E-state index contributed by atoms with van der Waals surface area (Å²) in [6.45, 7) is 2.74. The van der Waals surface area contributed by atoms with Gasteiger partial charge in [-0.05, 0) is 60.7 Å². The van der Waals surface area contributed by atoms with Crippen molar-refractivity contribution in [2.45, 2.75) is 32.2 Å². The predicted molar refractivity (Wildman–Crippen MR) is 137 cm³/mol. The van der Waals surface area contributed by atoms with E-state index in [1.54, 1.807) is 18.0 Å². The molecule has 2 aliphatic rings. The van der Waals surface area contributed by atoms with Crippen molar-refractivity contribution in [2.75, 3.05) is 29.0 Å². The van der Waals surface area contributed by atoms with E-state index in [0.717, 1.165) is 41.0 Å². The van der Waals surface area contributed by atoms with Gasteiger partial charge in [0.05, 0.1) is 6.20 Å². The molecule has 5 rings (SSSR count). The number of amides is 3. The number of carbonyl (C=O) groups is 2. The van der Waals surface area contributed by atoms with Gasteiger partial charge in [-0.2, -0.15) is 4.98 Å². The highest BCUT2D eigenvalue weighted by Gasteiger charge is 2.25. The molecule has 35 heavy (non-hydrogen) atoms. The molecule has 10 heteroatoms. The van der Waals surface area contributed by atoms with Gasteiger partial charge in [0.1, 0.15) is 5.02 Å². The number of carbonyl (C=O) groups excluding carboxylic acids is 2. The zero-order valence-corrected chi connectivity index (χ0v) is 20.0. The van der Waals surface area contributed by atoms with Crippen molar-refractivity contribution in [3.63, 3.8) is 0 Å². The molecule has 2 aliphatic heterocycles. The average Bonchev–Trinajstić information content (AvgIpc) is 3.30. The molecule has 0 spiro atoms. The molecule has 3 heterocycles. The fourth-order valence-corrected chi connectivity index (χ4v) is 4.51. The van der Waals surface area contributed by atoms with E-state index in [-0.39, 0.29) is 18.0 Å². The molecule has 4 N–H and O–H groups in total. The molecular formula is C25H26ClN7O2. The summed E-state index contributed by atoms with van der Waals surface area (Å²) >= 11 is 6.34. The standard InChI is InChI=1S/C25H26ClN7O2/c1-15(34)33-10-9-20(14-33)30-25(35)31-22-8-7-19-12-17(22)6-5-16-3-2-4-18(11-16)29-24-27-13-21(26)23(28-19)32-24/h2-4,7-8,11-13,20H,5-6,9-10,14H2,1H3,(H2,30,31,35)(H2,27,28,29,32)/t20-/m0/s1. The number of hydrogen-bond acceptors (Lipinski definition) is 6. The minimum absolute atomic E-state index is 0.0271. The number of halogens is 1. The first kappa shape index (κ1) is 22.9. The summed E-state index contributed by atoms with van der Waals surface area (Å²) in [6, 6.07) is 13.5. The maximum atomic E-state index is 12.8. The largest absolute Gasteiger partial charge is 0.341 e. The highest BCUT2D eigenvalue weighted by Crippen LogP contribution is 2.29. The number of nitrogens with zero attached hydrogens (tertiary/aromatic N) is 3. The van der Waals surface area contributed by atoms with Gasteiger partial charge in [0.25, 0.3) is 0 Å². The van der Waals surface area contributed by atoms with Crippen LogP contribution in [0.25, 0.3) is 0 Å². The summed E-state index contributed by atoms with van der Waals surface area (Å²) in [6.07, 6.45) is 3.80. The van der Waals surface area contributed by atoms with Crippen molar-refractivity contribution in [3.8, 4) is 0 Å². The van der Waals surface area contributed by atoms with Crippen LogP contribution in [0.5, 0.6) is 0 Å². The molecule has 0 unspecified atom stereocenters. The first-order valence-electron chi connectivity index (χ1n) is 11.5. The van der Waals surface area contributed by atoms with Crippen LogP contribution < -0.4 is 21.3 Å². The molecule has 3 amide bonds. The second kappa shape index (κ2) is 9.79. The van der Waals surface area contributed by atoms with Crippen molar-refractivity contribution < 1.29 is 9.59 Å². The molecule has 1 saturated heterocycles. The Hall–Kier alpha value is -3.85. The van der Waals surface area contributed by atoms with E-state index in [1.165, 1.54) is 0 Å². The summed E-state index contributed by atoms with van der Waals surface area (Å²) in [5.74, 6) is 0.957. The van der Waals surface area contributed by atoms with Gasteiger partial charge in [0.2, 0.25) is 11.9 Å². The molecule has 2 aromatic carbocycles. The molecule has 180 valence electrons. The number of nitrogens with one attached hydrogen (secondary N) is 4. The summed E-state index contributed by atoms with van der Waals surface area (Å²) < 4.78 is 0. The lowest BCUT2D eigenvalue weighted by Gasteiger charge is -2.18. The smallest absolute Gasteiger partial charge is 0.319 e. The van der Waals surface area contributed by atoms with Gasteiger partial charge < -0.3 is 26.2 Å². The number of benzene rings is 2. The average molecular weight is 492 g/mol. The molecule has 3 aromatic rings. The van der Waals surface area contributed by atoms with E-state index in [4.69, 9.17) is 11.6 Å². The third-order valence-corrected chi connectivity index (χ3v) is 6.47. The number of anilines is 5. The Bertz CT molecular complexity index is 1280. The van der Waals surface area contributed by atoms with Crippen LogP contribution in [0.1, 0.15) is 24.5 Å². The fourth-order valence-electron chi connectivity index (χ4n) is 4.37. The van der Waals surface area contributed by atoms with Gasteiger partial charge in [-0.25, -0.2) is 9.78 Å². The third kappa shape index (κ3) is 5.46. The van der Waals surface area contributed by atoms with Crippen molar-refractivity contribution in [1.29, 1.82) is 0 Å². The minimum atomic E-state index is -0.282. The first-order chi connectivity index (χ1) is 16.9. The monoisotopic (exact) mass is 491 g/mol. The van der Waals surface area contributed by atoms with E-state index in [0.29, 0.717) is 36.3 Å². The van der Waals surface area contributed by atoms with Gasteiger partial charge in [-0.3, -0.25) is 4.79 Å². The molecular weight excluding hydrogens is 466 g/mol.